The molecule has 13 heavy (non-hydrogen) atoms. The van der Waals surface area contributed by atoms with E-state index in [0.717, 1.165) is 0 Å². The number of nitrogens with two attached hydrogens (primary N) is 1. The standard InChI is InChI=1S/C7H9ClN4O/c1-3-5(11-4(2)8)6(13)12-7(9)10-3/h1-2H3,(H3,9,10,12,13)/b11-4+. The molecule has 1 aromatic heterocycles. The largest absolute Gasteiger partial charge is 0.369 e. The second-order valence-electron chi connectivity index (χ2n) is 2.49. The van der Waals surface area contributed by atoms with Crippen LogP contribution in [-0.4, -0.2) is 15.1 Å². The monoisotopic (exact) mass is 200 g/mol. The summed E-state index contributed by atoms with van der Waals surface area (Å²) in [6, 6.07) is 0. The number of nitrogens with zero attached hydrogens (tertiary/aromatic N) is 2. The SMILES string of the molecule is C/C(Cl)=N\c1c(C)nc(N)[nH]c1=O. The van der Waals surface area contributed by atoms with Crippen LogP contribution in [0.25, 0.3) is 0 Å². The van der Waals surface area contributed by atoms with Gasteiger partial charge in [-0.3, -0.25) is 9.78 Å². The highest BCUT2D eigenvalue weighted by Crippen LogP contribution is 2.10. The average Bonchev–Trinajstić information content (AvgIpc) is 1.96. The molecule has 3 N–H and O–H groups in total. The van der Waals surface area contributed by atoms with Gasteiger partial charge in [0.25, 0.3) is 5.56 Å². The normalized spacial score (nSPS) is 11.8. The number of aromatic amines is 1. The van der Waals surface area contributed by atoms with Crippen molar-refractivity contribution in [1.82, 2.24) is 9.97 Å². The summed E-state index contributed by atoms with van der Waals surface area (Å²) < 4.78 is 0. The van der Waals surface area contributed by atoms with Crippen molar-refractivity contribution in [1.29, 1.82) is 0 Å². The van der Waals surface area contributed by atoms with Crippen molar-refractivity contribution in [2.45, 2.75) is 13.8 Å². The van der Waals surface area contributed by atoms with Crippen molar-refractivity contribution in [3.8, 4) is 0 Å². The number of rotatable bonds is 1. The summed E-state index contributed by atoms with van der Waals surface area (Å²) in [6.45, 7) is 3.22. The first kappa shape index (κ1) is 9.73. The van der Waals surface area contributed by atoms with E-state index in [1.54, 1.807) is 13.8 Å². The van der Waals surface area contributed by atoms with Gasteiger partial charge < -0.3 is 5.73 Å². The highest BCUT2D eigenvalue weighted by Gasteiger charge is 2.04. The van der Waals surface area contributed by atoms with Crippen LogP contribution in [0.2, 0.25) is 0 Å². The van der Waals surface area contributed by atoms with Gasteiger partial charge in [0.15, 0.2) is 5.69 Å². The molecule has 0 bridgehead atoms. The Bertz CT molecular complexity index is 405. The zero-order chi connectivity index (χ0) is 10.0. The lowest BCUT2D eigenvalue weighted by Gasteiger charge is -1.99. The van der Waals surface area contributed by atoms with Crippen LogP contribution in [0.3, 0.4) is 0 Å². The molecule has 1 aromatic rings. The smallest absolute Gasteiger partial charge is 0.278 e. The van der Waals surface area contributed by atoms with Gasteiger partial charge in [-0.25, -0.2) is 9.98 Å². The maximum Gasteiger partial charge on any atom is 0.278 e. The van der Waals surface area contributed by atoms with Crippen LogP contribution in [0.4, 0.5) is 11.6 Å². The Morgan fingerprint density at radius 2 is 2.31 bits per heavy atom. The molecule has 0 amide bonds. The molecule has 0 radical (unpaired) electrons. The van der Waals surface area contributed by atoms with E-state index in [1.807, 2.05) is 0 Å². The van der Waals surface area contributed by atoms with E-state index >= 15 is 0 Å². The molecule has 0 aliphatic heterocycles. The average molecular weight is 201 g/mol. The summed E-state index contributed by atoms with van der Waals surface area (Å²) >= 11 is 5.53. The third-order valence-corrected chi connectivity index (χ3v) is 1.44. The van der Waals surface area contributed by atoms with Crippen LogP contribution in [0.1, 0.15) is 12.6 Å². The van der Waals surface area contributed by atoms with E-state index in [1.165, 1.54) is 0 Å². The molecule has 70 valence electrons. The number of H-pyrrole nitrogens is 1. The minimum absolute atomic E-state index is 0.0775. The fraction of sp³-hybridized carbons (Fsp3) is 0.286. The number of hydrogen-bond donors (Lipinski definition) is 2. The van der Waals surface area contributed by atoms with Gasteiger partial charge in [-0.2, -0.15) is 0 Å². The number of aliphatic imine (C=N–C) groups is 1. The molecular weight excluding hydrogens is 192 g/mol. The summed E-state index contributed by atoms with van der Waals surface area (Å²) in [5.74, 6) is 0.0775. The van der Waals surface area contributed by atoms with Crippen LogP contribution in [0.5, 0.6) is 0 Å². The quantitative estimate of drug-likeness (QED) is 0.662. The number of hydrogen-bond acceptors (Lipinski definition) is 4. The third kappa shape index (κ3) is 2.29. The van der Waals surface area contributed by atoms with Crippen LogP contribution in [0.15, 0.2) is 9.79 Å². The highest BCUT2D eigenvalue weighted by molar-refractivity contribution is 6.65. The van der Waals surface area contributed by atoms with Gasteiger partial charge >= 0.3 is 0 Å². The summed E-state index contributed by atoms with van der Waals surface area (Å²) in [5.41, 5.74) is 5.58. The van der Waals surface area contributed by atoms with Gasteiger partial charge in [0.1, 0.15) is 5.17 Å². The Kier molecular flexibility index (Phi) is 2.67. The lowest BCUT2D eigenvalue weighted by atomic mass is 10.4. The first-order chi connectivity index (χ1) is 6.00. The Labute approximate surface area is 79.7 Å². The summed E-state index contributed by atoms with van der Waals surface area (Å²) in [4.78, 5) is 21.2. The third-order valence-electron chi connectivity index (χ3n) is 1.35. The predicted octanol–water partition coefficient (Wildman–Crippen LogP) is 0.949. The summed E-state index contributed by atoms with van der Waals surface area (Å²) in [6.07, 6.45) is 0. The molecule has 0 fully saturated rings. The number of nitrogens with one attached hydrogen (secondary N) is 1. The van der Waals surface area contributed by atoms with Crippen LogP contribution in [-0.2, 0) is 0 Å². The molecule has 0 saturated heterocycles. The van der Waals surface area contributed by atoms with Crippen LogP contribution >= 0.6 is 11.6 Å². The maximum absolute atomic E-state index is 11.3. The van der Waals surface area contributed by atoms with Gasteiger partial charge in [0.2, 0.25) is 5.95 Å². The Morgan fingerprint density at radius 1 is 1.69 bits per heavy atom. The molecular formula is C7H9ClN4O. The Balaban J connectivity index is 3.38. The van der Waals surface area contributed by atoms with E-state index in [4.69, 9.17) is 17.3 Å². The van der Waals surface area contributed by atoms with Crippen LogP contribution < -0.4 is 11.3 Å². The lowest BCUT2D eigenvalue weighted by Crippen LogP contribution is -2.12. The molecule has 0 spiro atoms. The highest BCUT2D eigenvalue weighted by atomic mass is 35.5. The van der Waals surface area contributed by atoms with Gasteiger partial charge in [0.05, 0.1) is 5.69 Å². The van der Waals surface area contributed by atoms with Crippen molar-refractivity contribution in [3.05, 3.63) is 16.0 Å². The van der Waals surface area contributed by atoms with Gasteiger partial charge in [0, 0.05) is 0 Å². The van der Waals surface area contributed by atoms with E-state index in [9.17, 15) is 4.79 Å². The molecule has 0 saturated carbocycles. The molecule has 0 aliphatic carbocycles. The van der Waals surface area contributed by atoms with Crippen molar-refractivity contribution in [2.24, 2.45) is 4.99 Å². The van der Waals surface area contributed by atoms with Gasteiger partial charge in [-0.05, 0) is 13.8 Å². The van der Waals surface area contributed by atoms with Crippen molar-refractivity contribution in [2.75, 3.05) is 5.73 Å². The Hall–Kier alpha value is -1.36. The maximum atomic E-state index is 11.3. The predicted molar refractivity (Wildman–Crippen MR) is 52.6 cm³/mol. The molecule has 6 heteroatoms. The van der Waals surface area contributed by atoms with E-state index in [2.05, 4.69) is 15.0 Å². The topological polar surface area (TPSA) is 84.1 Å². The molecule has 1 heterocycles. The molecule has 0 aliphatic rings. The summed E-state index contributed by atoms with van der Waals surface area (Å²) in [5, 5.41) is 0.278. The first-order valence-corrected chi connectivity index (χ1v) is 3.95. The number of anilines is 1. The van der Waals surface area contributed by atoms with E-state index in [0.29, 0.717) is 5.69 Å². The van der Waals surface area contributed by atoms with Crippen LogP contribution in [0, 0.1) is 6.92 Å². The zero-order valence-corrected chi connectivity index (χ0v) is 8.01. The minimum Gasteiger partial charge on any atom is -0.369 e. The molecule has 1 rings (SSSR count). The summed E-state index contributed by atoms with van der Waals surface area (Å²) in [7, 11) is 0. The Morgan fingerprint density at radius 3 is 2.77 bits per heavy atom. The van der Waals surface area contributed by atoms with Crippen molar-refractivity contribution < 1.29 is 0 Å². The van der Waals surface area contributed by atoms with E-state index < -0.39 is 0 Å². The van der Waals surface area contributed by atoms with Gasteiger partial charge in [-0.15, -0.1) is 0 Å². The number of aryl methyl sites for hydroxylation is 1. The number of halogens is 1. The molecule has 0 unspecified atom stereocenters. The van der Waals surface area contributed by atoms with Gasteiger partial charge in [-0.1, -0.05) is 11.6 Å². The molecule has 0 atom stereocenters. The number of nitrogen functional groups attached to an aromatic ring is 1. The lowest BCUT2D eigenvalue weighted by molar-refractivity contribution is 1.07. The first-order valence-electron chi connectivity index (χ1n) is 3.58. The molecule has 5 nitrogen and oxygen atoms in total. The minimum atomic E-state index is -0.384. The second-order valence-corrected chi connectivity index (χ2v) is 3.04. The fourth-order valence-corrected chi connectivity index (χ4v) is 0.972. The van der Waals surface area contributed by atoms with Crippen molar-refractivity contribution >= 4 is 28.4 Å². The van der Waals surface area contributed by atoms with E-state index in [-0.39, 0.29) is 22.4 Å². The molecule has 0 aromatic carbocycles. The fourth-order valence-electron chi connectivity index (χ4n) is 0.887. The number of aromatic nitrogens is 2. The second kappa shape index (κ2) is 3.57. The zero-order valence-electron chi connectivity index (χ0n) is 7.26. The van der Waals surface area contributed by atoms with Crippen molar-refractivity contribution in [3.63, 3.8) is 0 Å².